The number of piperidine rings is 1. The van der Waals surface area contributed by atoms with Gasteiger partial charge in [0.05, 0.1) is 18.3 Å². The number of hydrogen-bond acceptors (Lipinski definition) is 11. The third-order valence-corrected chi connectivity index (χ3v) is 13.7. The van der Waals surface area contributed by atoms with Crippen molar-refractivity contribution in [2.45, 2.75) is 175 Å². The van der Waals surface area contributed by atoms with Crippen molar-refractivity contribution in [3.8, 4) is 0 Å². The van der Waals surface area contributed by atoms with Crippen LogP contribution in [0.4, 0.5) is 0 Å². The molecule has 0 saturated carbocycles. The van der Waals surface area contributed by atoms with Crippen LogP contribution in [-0.2, 0) is 54.3 Å². The van der Waals surface area contributed by atoms with Gasteiger partial charge in [0.15, 0.2) is 6.04 Å². The molecule has 4 N–H and O–H groups in total. The lowest BCUT2D eigenvalue weighted by Crippen LogP contribution is -2.63. The summed E-state index contributed by atoms with van der Waals surface area (Å²) in [4.78, 5) is 139. The summed E-state index contributed by atoms with van der Waals surface area (Å²) in [7, 11) is 7.09. The molecular weight excluding hydrogens is 951 g/mol. The van der Waals surface area contributed by atoms with Crippen LogP contribution in [0.5, 0.6) is 0 Å². The molecule has 1 aromatic rings. The van der Waals surface area contributed by atoms with Crippen LogP contribution in [0.25, 0.3) is 0 Å². The van der Waals surface area contributed by atoms with Crippen molar-refractivity contribution in [1.29, 1.82) is 0 Å². The first-order valence-electron chi connectivity index (χ1n) is 26.3. The Morgan fingerprint density at radius 2 is 1.09 bits per heavy atom. The standard InChI is InChI=1S/C54H89N9O11/c1-33(2)28-39-48(68)57-45(53(73)63-25-20-17-21-26-63)51(71)58(11)27-24-43(65)59(12)42(30-35(5)6)50(70)61(14)40(29-34(3)4)47(67)56-44(36(7)64)52(72)62(15)41(31-37-22-18-16-19-23-37)46(66)55-38(49(69)60(39)13)32-74-54(8,9)10/h16,18-19,22-23,33-36,38-42,44-45,64H,17,20-21,24-32H2,1-15H3,(H,55,66)(H,56,67)(H,57,68)/t36-,38+,39+,40+,41+,42+,44+,45?/m1/s1. The summed E-state index contributed by atoms with van der Waals surface area (Å²) in [6.07, 6.45) is 0.846. The summed E-state index contributed by atoms with van der Waals surface area (Å²) in [5.41, 5.74) is -0.177. The maximum absolute atomic E-state index is 14.9. The Bertz CT molecular complexity index is 2090. The van der Waals surface area contributed by atoms with Crippen molar-refractivity contribution >= 4 is 53.2 Å². The van der Waals surface area contributed by atoms with Gasteiger partial charge in [-0.05, 0) is 89.5 Å². The second kappa shape index (κ2) is 28.3. The molecule has 0 radical (unpaired) electrons. The van der Waals surface area contributed by atoms with E-state index in [9.17, 15) is 48.3 Å². The van der Waals surface area contributed by atoms with Crippen LogP contribution in [0.15, 0.2) is 30.3 Å². The van der Waals surface area contributed by atoms with E-state index in [4.69, 9.17) is 4.74 Å². The van der Waals surface area contributed by atoms with Crippen LogP contribution in [-0.4, -0.2) is 203 Å². The number of amides is 9. The largest absolute Gasteiger partial charge is 0.391 e. The minimum absolute atomic E-state index is 0.0732. The van der Waals surface area contributed by atoms with E-state index in [0.29, 0.717) is 31.5 Å². The first kappa shape index (κ1) is 62.7. The van der Waals surface area contributed by atoms with Crippen molar-refractivity contribution in [2.75, 3.05) is 61.5 Å². The third-order valence-electron chi connectivity index (χ3n) is 13.7. The monoisotopic (exact) mass is 1040 g/mol. The smallest absolute Gasteiger partial charge is 0.254 e. The third kappa shape index (κ3) is 18.0. The molecule has 20 nitrogen and oxygen atoms in total. The van der Waals surface area contributed by atoms with Gasteiger partial charge in [-0.15, -0.1) is 0 Å². The maximum atomic E-state index is 14.9. The number of hydrogen-bond donors (Lipinski definition) is 4. The summed E-state index contributed by atoms with van der Waals surface area (Å²) in [5, 5.41) is 19.4. The number of carbonyl (C=O) groups is 9. The highest BCUT2D eigenvalue weighted by molar-refractivity contribution is 6.08. The number of aliphatic hydroxyl groups is 1. The van der Waals surface area contributed by atoms with E-state index in [-0.39, 0.29) is 63.0 Å². The quantitative estimate of drug-likeness (QED) is 0.222. The molecule has 2 fully saturated rings. The molecule has 1 aromatic carbocycles. The fourth-order valence-electron chi connectivity index (χ4n) is 9.17. The van der Waals surface area contributed by atoms with E-state index < -0.39 is 107 Å². The van der Waals surface area contributed by atoms with Gasteiger partial charge in [-0.2, -0.15) is 0 Å². The Morgan fingerprint density at radius 1 is 0.608 bits per heavy atom. The fourth-order valence-corrected chi connectivity index (χ4v) is 9.17. The number of carbonyl (C=O) groups excluding carboxylic acids is 9. The molecule has 0 aliphatic carbocycles. The lowest BCUT2D eigenvalue weighted by Gasteiger charge is -2.37. The lowest BCUT2D eigenvalue weighted by atomic mass is 9.97. The molecule has 0 bridgehead atoms. The van der Waals surface area contributed by atoms with Crippen molar-refractivity contribution < 1.29 is 53.0 Å². The summed E-state index contributed by atoms with van der Waals surface area (Å²) < 4.78 is 6.11. The number of benzene rings is 1. The average Bonchev–Trinajstić information content (AvgIpc) is 3.34. The van der Waals surface area contributed by atoms with Gasteiger partial charge in [-0.25, -0.2) is 0 Å². The second-order valence-electron chi connectivity index (χ2n) is 22.5. The first-order valence-corrected chi connectivity index (χ1v) is 26.3. The highest BCUT2D eigenvalue weighted by atomic mass is 16.5. The van der Waals surface area contributed by atoms with Crippen molar-refractivity contribution in [3.05, 3.63) is 35.9 Å². The number of likely N-dealkylation sites (N-methyl/N-ethyl adjacent to an activating group) is 5. The molecule has 2 aliphatic heterocycles. The van der Waals surface area contributed by atoms with Crippen molar-refractivity contribution in [3.63, 3.8) is 0 Å². The van der Waals surface area contributed by atoms with Gasteiger partial charge >= 0.3 is 0 Å². The highest BCUT2D eigenvalue weighted by Crippen LogP contribution is 2.22. The zero-order chi connectivity index (χ0) is 55.9. The minimum atomic E-state index is -1.73. The van der Waals surface area contributed by atoms with Gasteiger partial charge in [-0.3, -0.25) is 43.2 Å². The topological polar surface area (TPSA) is 239 Å². The molecule has 3 rings (SSSR count). The van der Waals surface area contributed by atoms with Crippen molar-refractivity contribution in [1.82, 2.24) is 45.3 Å². The molecule has 9 amide bonds. The van der Waals surface area contributed by atoms with E-state index in [1.165, 1.54) is 66.7 Å². The van der Waals surface area contributed by atoms with Gasteiger partial charge in [0.1, 0.15) is 36.3 Å². The van der Waals surface area contributed by atoms with E-state index in [0.717, 1.165) is 11.3 Å². The predicted octanol–water partition coefficient (Wildman–Crippen LogP) is 2.20. The Balaban J connectivity index is 2.32. The molecule has 0 aromatic heterocycles. The molecule has 2 heterocycles. The van der Waals surface area contributed by atoms with Crippen LogP contribution in [0.2, 0.25) is 0 Å². The number of nitrogens with zero attached hydrogens (tertiary/aromatic N) is 6. The summed E-state index contributed by atoms with van der Waals surface area (Å²) in [5.74, 6) is -6.87. The Labute approximate surface area is 440 Å². The van der Waals surface area contributed by atoms with Crippen molar-refractivity contribution in [2.24, 2.45) is 17.8 Å². The van der Waals surface area contributed by atoms with E-state index in [1.54, 1.807) is 51.1 Å². The number of nitrogens with one attached hydrogen (secondary N) is 3. The summed E-state index contributed by atoms with van der Waals surface area (Å²) in [6.45, 7) is 17.9. The first-order chi connectivity index (χ1) is 34.5. The number of aliphatic hydroxyl groups excluding tert-OH is 1. The Morgan fingerprint density at radius 3 is 1.61 bits per heavy atom. The average molecular weight is 1040 g/mol. The zero-order valence-electron chi connectivity index (χ0n) is 46.9. The lowest BCUT2D eigenvalue weighted by molar-refractivity contribution is -0.150. The Kier molecular flexibility index (Phi) is 24.0. The van der Waals surface area contributed by atoms with E-state index >= 15 is 0 Å². The number of rotatable bonds is 12. The zero-order valence-corrected chi connectivity index (χ0v) is 46.9. The molecule has 1 unspecified atom stereocenters. The summed E-state index contributed by atoms with van der Waals surface area (Å²) >= 11 is 0. The second-order valence-corrected chi connectivity index (χ2v) is 22.5. The number of ether oxygens (including phenoxy) is 1. The van der Waals surface area contributed by atoms with Gasteiger partial charge in [0.25, 0.3) is 11.8 Å². The summed E-state index contributed by atoms with van der Waals surface area (Å²) in [6, 6.07) is -0.841. The van der Waals surface area contributed by atoms with Crippen LogP contribution in [0.3, 0.4) is 0 Å². The highest BCUT2D eigenvalue weighted by Gasteiger charge is 2.43. The van der Waals surface area contributed by atoms with E-state index in [1.807, 2.05) is 41.5 Å². The van der Waals surface area contributed by atoms with E-state index in [2.05, 4.69) is 16.0 Å². The van der Waals surface area contributed by atoms with Crippen LogP contribution in [0.1, 0.15) is 120 Å². The van der Waals surface area contributed by atoms with Gasteiger partial charge in [0, 0.05) is 67.7 Å². The normalized spacial score (nSPS) is 25.3. The van der Waals surface area contributed by atoms with Crippen LogP contribution < -0.4 is 16.0 Å². The minimum Gasteiger partial charge on any atom is -0.391 e. The SMILES string of the molecule is CC(C)C[C@H]1C(=O)N(C)[C@@H](CC(C)C)C(=O)N[C@@H]([C@@H](C)O)C(=O)N(C)[C@@H](Cc2ccccc2)C(=O)N[C@@H](COC(C)(C)C)C(=O)N(C)[C@@H](CC(C)C)C(=O)NC(C(=O)N2CCCCC2)C(=O)N(C)CCC(=O)N1C. The van der Waals surface area contributed by atoms with Gasteiger partial charge in [-0.1, -0.05) is 71.9 Å². The van der Waals surface area contributed by atoms with Crippen LogP contribution >= 0.6 is 0 Å². The fraction of sp³-hybridized carbons (Fsp3) is 0.722. The van der Waals surface area contributed by atoms with Gasteiger partial charge in [0.2, 0.25) is 41.4 Å². The molecule has 2 saturated heterocycles. The maximum Gasteiger partial charge on any atom is 0.254 e. The molecular formula is C54H89N9O11. The predicted molar refractivity (Wildman–Crippen MR) is 281 cm³/mol. The molecule has 74 heavy (non-hydrogen) atoms. The van der Waals surface area contributed by atoms with Crippen LogP contribution in [0, 0.1) is 17.8 Å². The molecule has 20 heteroatoms. The molecule has 0 spiro atoms. The number of likely N-dealkylation sites (tertiary alicyclic amines) is 1. The molecule has 8 atom stereocenters. The Hall–Kier alpha value is -5.63. The molecule has 416 valence electrons. The van der Waals surface area contributed by atoms with Gasteiger partial charge < -0.3 is 55.2 Å². The molecule has 2 aliphatic rings.